The molecule has 1 saturated heterocycles. The van der Waals surface area contributed by atoms with Gasteiger partial charge in [-0.25, -0.2) is 0 Å². The van der Waals surface area contributed by atoms with Crippen LogP contribution in [0.4, 0.5) is 0 Å². The van der Waals surface area contributed by atoms with Gasteiger partial charge >= 0.3 is 0 Å². The number of benzene rings is 1. The fraction of sp³-hybridized carbons (Fsp3) is 0.409. The lowest BCUT2D eigenvalue weighted by Crippen LogP contribution is -2.43. The Morgan fingerprint density at radius 2 is 2.03 bits per heavy atom. The van der Waals surface area contributed by atoms with Gasteiger partial charge in [-0.1, -0.05) is 30.3 Å². The lowest BCUT2D eigenvalue weighted by atomic mass is 9.74. The number of amides is 3. The number of likely N-dealkylation sites (tertiary alicyclic amines) is 1. The molecule has 2 atom stereocenters. The summed E-state index contributed by atoms with van der Waals surface area (Å²) >= 11 is 1.57. The molecule has 2 heterocycles. The van der Waals surface area contributed by atoms with Gasteiger partial charge in [-0.2, -0.15) is 0 Å². The Balaban J connectivity index is 1.90. The number of methoxy groups -OCH3 is 1. The summed E-state index contributed by atoms with van der Waals surface area (Å²) in [5.41, 5.74) is 0.439. The molecule has 1 fully saturated rings. The van der Waals surface area contributed by atoms with Crippen LogP contribution in [0.5, 0.6) is 0 Å². The zero-order chi connectivity index (χ0) is 21.0. The molecule has 1 aromatic heterocycles. The van der Waals surface area contributed by atoms with Gasteiger partial charge in [0.15, 0.2) is 0 Å². The number of nitrogens with zero attached hydrogens (tertiary/aromatic N) is 1. The van der Waals surface area contributed by atoms with Gasteiger partial charge < -0.3 is 10.1 Å². The van der Waals surface area contributed by atoms with Crippen LogP contribution in [0.25, 0.3) is 0 Å². The minimum atomic E-state index is -1.19. The zero-order valence-corrected chi connectivity index (χ0v) is 17.8. The maximum absolute atomic E-state index is 13.4. The number of aryl methyl sites for hydroxylation is 1. The minimum absolute atomic E-state index is 0.0127. The monoisotopic (exact) mass is 414 g/mol. The summed E-state index contributed by atoms with van der Waals surface area (Å²) in [5, 5.41) is 4.94. The van der Waals surface area contributed by atoms with E-state index in [0.29, 0.717) is 0 Å². The van der Waals surface area contributed by atoms with E-state index in [2.05, 4.69) is 5.32 Å². The number of carbonyl (C=O) groups excluding carboxylic acids is 3. The van der Waals surface area contributed by atoms with Crippen molar-refractivity contribution in [3.05, 3.63) is 57.8 Å². The van der Waals surface area contributed by atoms with Gasteiger partial charge in [0.25, 0.3) is 0 Å². The molecular weight excluding hydrogens is 388 g/mol. The van der Waals surface area contributed by atoms with E-state index >= 15 is 0 Å². The number of ether oxygens (including phenoxy) is 1. The van der Waals surface area contributed by atoms with Gasteiger partial charge in [0.2, 0.25) is 17.7 Å². The highest BCUT2D eigenvalue weighted by Crippen LogP contribution is 2.41. The second-order valence-electron chi connectivity index (χ2n) is 7.40. The van der Waals surface area contributed by atoms with Gasteiger partial charge in [0.1, 0.15) is 0 Å². The van der Waals surface area contributed by atoms with Crippen molar-refractivity contribution < 1.29 is 19.1 Å². The quantitative estimate of drug-likeness (QED) is 0.674. The van der Waals surface area contributed by atoms with Crippen molar-refractivity contribution >= 4 is 29.1 Å². The molecular formula is C22H26N2O4S. The fourth-order valence-corrected chi connectivity index (χ4v) is 4.67. The van der Waals surface area contributed by atoms with E-state index in [4.69, 9.17) is 4.74 Å². The molecule has 0 unspecified atom stereocenters. The zero-order valence-electron chi connectivity index (χ0n) is 16.9. The molecule has 0 spiro atoms. The molecule has 0 saturated carbocycles. The number of imide groups is 1. The van der Waals surface area contributed by atoms with Crippen LogP contribution < -0.4 is 5.32 Å². The van der Waals surface area contributed by atoms with E-state index in [9.17, 15) is 14.4 Å². The summed E-state index contributed by atoms with van der Waals surface area (Å²) in [7, 11) is 1.53. The number of hydrogen-bond acceptors (Lipinski definition) is 5. The third-order valence-corrected chi connectivity index (χ3v) is 6.45. The summed E-state index contributed by atoms with van der Waals surface area (Å²) in [6.07, 6.45) is -0.0805. The van der Waals surface area contributed by atoms with Gasteiger partial charge in [-0.15, -0.1) is 11.3 Å². The predicted octanol–water partition coefficient (Wildman–Crippen LogP) is 2.97. The summed E-state index contributed by atoms with van der Waals surface area (Å²) in [6.45, 7) is 4.27. The Hall–Kier alpha value is -2.51. The smallest absolute Gasteiger partial charge is 0.240 e. The topological polar surface area (TPSA) is 75.7 Å². The first-order valence-corrected chi connectivity index (χ1v) is 10.5. The van der Waals surface area contributed by atoms with Crippen LogP contribution in [0.3, 0.4) is 0 Å². The van der Waals surface area contributed by atoms with Gasteiger partial charge in [0, 0.05) is 24.8 Å². The van der Waals surface area contributed by atoms with Crippen molar-refractivity contribution in [1.82, 2.24) is 10.2 Å². The molecule has 154 valence electrons. The average molecular weight is 415 g/mol. The molecule has 1 aliphatic heterocycles. The van der Waals surface area contributed by atoms with Crippen molar-refractivity contribution in [2.24, 2.45) is 0 Å². The van der Waals surface area contributed by atoms with Crippen molar-refractivity contribution in [2.75, 3.05) is 20.3 Å². The van der Waals surface area contributed by atoms with E-state index in [1.165, 1.54) is 12.0 Å². The Morgan fingerprint density at radius 3 is 2.69 bits per heavy atom. The highest BCUT2D eigenvalue weighted by Gasteiger charge is 2.54. The summed E-state index contributed by atoms with van der Waals surface area (Å²) in [4.78, 5) is 41.3. The van der Waals surface area contributed by atoms with Crippen LogP contribution in [-0.4, -0.2) is 42.9 Å². The van der Waals surface area contributed by atoms with Crippen LogP contribution in [-0.2, 0) is 24.5 Å². The number of hydrogen-bond donors (Lipinski definition) is 1. The van der Waals surface area contributed by atoms with Gasteiger partial charge in [-0.3, -0.25) is 19.3 Å². The molecule has 6 nitrogen and oxygen atoms in total. The molecule has 2 aromatic rings. The van der Waals surface area contributed by atoms with E-state index in [-0.39, 0.29) is 49.8 Å². The van der Waals surface area contributed by atoms with Crippen LogP contribution in [0.2, 0.25) is 0 Å². The van der Waals surface area contributed by atoms with E-state index in [1.807, 2.05) is 55.6 Å². The molecule has 0 bridgehead atoms. The standard InChI is InChI=1S/C22H26N2O4S/c1-15-7-4-5-8-17(15)22(14-20(26)24(21(22)27)10-11-28-3)13-19(25)23-16(2)18-9-6-12-29-18/h4-9,12,16H,10-11,13-14H2,1-3H3,(H,23,25)/t16-,22+/m0/s1. The molecule has 3 amide bonds. The maximum atomic E-state index is 13.4. The Morgan fingerprint density at radius 1 is 1.28 bits per heavy atom. The number of rotatable bonds is 8. The minimum Gasteiger partial charge on any atom is -0.383 e. The molecule has 29 heavy (non-hydrogen) atoms. The Bertz CT molecular complexity index is 896. The van der Waals surface area contributed by atoms with Crippen molar-refractivity contribution in [2.45, 2.75) is 38.1 Å². The number of carbonyl (C=O) groups is 3. The van der Waals surface area contributed by atoms with Crippen LogP contribution in [0.15, 0.2) is 41.8 Å². The van der Waals surface area contributed by atoms with Crippen LogP contribution in [0, 0.1) is 6.92 Å². The van der Waals surface area contributed by atoms with Crippen molar-refractivity contribution in [3.8, 4) is 0 Å². The third-order valence-electron chi connectivity index (χ3n) is 5.40. The lowest BCUT2D eigenvalue weighted by molar-refractivity contribution is -0.141. The molecule has 3 rings (SSSR count). The van der Waals surface area contributed by atoms with Crippen molar-refractivity contribution in [1.29, 1.82) is 0 Å². The molecule has 0 aliphatic carbocycles. The summed E-state index contributed by atoms with van der Waals surface area (Å²) in [5.74, 6) is -0.842. The third kappa shape index (κ3) is 4.26. The van der Waals surface area contributed by atoms with Crippen molar-refractivity contribution in [3.63, 3.8) is 0 Å². The molecule has 1 N–H and O–H groups in total. The largest absolute Gasteiger partial charge is 0.383 e. The first-order valence-electron chi connectivity index (χ1n) is 9.61. The van der Waals surface area contributed by atoms with Crippen LogP contribution >= 0.6 is 11.3 Å². The predicted molar refractivity (Wildman–Crippen MR) is 112 cm³/mol. The first kappa shape index (κ1) is 21.2. The molecule has 7 heteroatoms. The maximum Gasteiger partial charge on any atom is 0.240 e. The fourth-order valence-electron chi connectivity index (χ4n) is 3.94. The van der Waals surface area contributed by atoms with Crippen LogP contribution in [0.1, 0.15) is 41.8 Å². The molecule has 0 radical (unpaired) electrons. The second-order valence-corrected chi connectivity index (χ2v) is 8.38. The van der Waals surface area contributed by atoms with E-state index in [1.54, 1.807) is 11.3 Å². The van der Waals surface area contributed by atoms with Gasteiger partial charge in [-0.05, 0) is 36.4 Å². The van der Waals surface area contributed by atoms with E-state index in [0.717, 1.165) is 16.0 Å². The SMILES string of the molecule is COCCN1C(=O)C[C@](CC(=O)N[C@@H](C)c2cccs2)(c2ccccc2C)C1=O. The summed E-state index contributed by atoms with van der Waals surface area (Å²) in [6, 6.07) is 11.2. The number of thiophene rings is 1. The second kappa shape index (κ2) is 8.88. The normalized spacial score (nSPS) is 20.2. The van der Waals surface area contributed by atoms with Gasteiger partial charge in [0.05, 0.1) is 24.6 Å². The first-order chi connectivity index (χ1) is 13.9. The Kier molecular flexibility index (Phi) is 6.49. The number of nitrogens with one attached hydrogen (secondary N) is 1. The highest BCUT2D eigenvalue weighted by atomic mass is 32.1. The lowest BCUT2D eigenvalue weighted by Gasteiger charge is -2.29. The summed E-state index contributed by atoms with van der Waals surface area (Å²) < 4.78 is 5.05. The Labute approximate surface area is 174 Å². The average Bonchev–Trinajstić information content (AvgIpc) is 3.29. The molecule has 1 aromatic carbocycles. The van der Waals surface area contributed by atoms with E-state index < -0.39 is 5.41 Å². The molecule has 1 aliphatic rings. The highest BCUT2D eigenvalue weighted by molar-refractivity contribution is 7.10.